The average Bonchev–Trinajstić information content (AvgIpc) is 3.02. The van der Waals surface area contributed by atoms with Crippen molar-refractivity contribution in [3.8, 4) is 0 Å². The predicted molar refractivity (Wildman–Crippen MR) is 130 cm³/mol. The van der Waals surface area contributed by atoms with Crippen LogP contribution in [0.3, 0.4) is 0 Å². The van der Waals surface area contributed by atoms with Crippen molar-refractivity contribution in [2.75, 3.05) is 7.11 Å². The Morgan fingerprint density at radius 2 is 1.88 bits per heavy atom. The summed E-state index contributed by atoms with van der Waals surface area (Å²) >= 11 is 0. The van der Waals surface area contributed by atoms with Crippen molar-refractivity contribution in [1.82, 2.24) is 0 Å². The zero-order chi connectivity index (χ0) is 25.6. The predicted octanol–water partition coefficient (Wildman–Crippen LogP) is 5.10. The molecule has 3 aliphatic rings. The molecule has 0 amide bonds. The van der Waals surface area contributed by atoms with Gasteiger partial charge in [-0.2, -0.15) is 0 Å². The molecule has 6 heteroatoms. The molecule has 7 atom stereocenters. The Hall–Kier alpha value is -1.95. The summed E-state index contributed by atoms with van der Waals surface area (Å²) in [5.41, 5.74) is 1.19. The lowest BCUT2D eigenvalue weighted by Gasteiger charge is -2.58. The molecule has 2 N–H and O–H groups in total. The fraction of sp³-hybridized carbons (Fsp3) is 0.750. The SMILES string of the molecule is C=C(C)C1CC(O)C2=C(C(=O)CC3(C)C(C(C)CCC(=O)O)CCC23C)C1(C)CCC(=O)OC. The first-order valence-corrected chi connectivity index (χ1v) is 12.6. The Morgan fingerprint density at radius 1 is 1.24 bits per heavy atom. The summed E-state index contributed by atoms with van der Waals surface area (Å²) in [6, 6.07) is 0. The molecule has 3 rings (SSSR count). The molecule has 7 unspecified atom stereocenters. The number of hydrogen-bond acceptors (Lipinski definition) is 5. The van der Waals surface area contributed by atoms with E-state index < -0.39 is 17.5 Å². The number of carbonyl (C=O) groups is 3. The molecular weight excluding hydrogens is 432 g/mol. The van der Waals surface area contributed by atoms with Crippen LogP contribution in [0, 0.1) is 34.0 Å². The van der Waals surface area contributed by atoms with Gasteiger partial charge in [0.15, 0.2) is 5.78 Å². The minimum atomic E-state index is -0.794. The second-order valence-corrected chi connectivity index (χ2v) is 11.8. The fourth-order valence-electron chi connectivity index (χ4n) is 7.98. The summed E-state index contributed by atoms with van der Waals surface area (Å²) < 4.78 is 4.90. The number of rotatable bonds is 8. The molecule has 0 radical (unpaired) electrons. The van der Waals surface area contributed by atoms with Gasteiger partial charge in [0.05, 0.1) is 13.2 Å². The van der Waals surface area contributed by atoms with Crippen molar-refractivity contribution in [1.29, 1.82) is 0 Å². The highest BCUT2D eigenvalue weighted by molar-refractivity contribution is 6.00. The van der Waals surface area contributed by atoms with Gasteiger partial charge in [-0.3, -0.25) is 14.4 Å². The molecule has 1 saturated carbocycles. The number of carboxylic acids is 1. The number of aliphatic carboxylic acids is 1. The average molecular weight is 475 g/mol. The maximum absolute atomic E-state index is 14.0. The smallest absolute Gasteiger partial charge is 0.305 e. The number of ketones is 1. The summed E-state index contributed by atoms with van der Waals surface area (Å²) in [5, 5.41) is 20.7. The summed E-state index contributed by atoms with van der Waals surface area (Å²) in [4.78, 5) is 37.2. The van der Waals surface area contributed by atoms with Gasteiger partial charge in [-0.1, -0.05) is 39.8 Å². The topological polar surface area (TPSA) is 101 Å². The molecule has 0 aromatic carbocycles. The Balaban J connectivity index is 2.11. The van der Waals surface area contributed by atoms with Crippen molar-refractivity contribution in [3.05, 3.63) is 23.3 Å². The van der Waals surface area contributed by atoms with Crippen molar-refractivity contribution < 1.29 is 29.3 Å². The maximum atomic E-state index is 14.0. The first-order chi connectivity index (χ1) is 15.7. The van der Waals surface area contributed by atoms with Gasteiger partial charge in [-0.25, -0.2) is 0 Å². The van der Waals surface area contributed by atoms with Crippen LogP contribution in [0.15, 0.2) is 23.3 Å². The summed E-state index contributed by atoms with van der Waals surface area (Å²) in [7, 11) is 1.37. The first-order valence-electron chi connectivity index (χ1n) is 12.6. The van der Waals surface area contributed by atoms with E-state index in [9.17, 15) is 24.6 Å². The van der Waals surface area contributed by atoms with E-state index in [4.69, 9.17) is 4.74 Å². The van der Waals surface area contributed by atoms with E-state index >= 15 is 0 Å². The summed E-state index contributed by atoms with van der Waals surface area (Å²) in [6.45, 7) is 14.7. The van der Waals surface area contributed by atoms with Crippen molar-refractivity contribution in [2.45, 2.75) is 92.1 Å². The van der Waals surface area contributed by atoms with Crippen LogP contribution in [0.25, 0.3) is 0 Å². The van der Waals surface area contributed by atoms with Gasteiger partial charge in [0.25, 0.3) is 0 Å². The number of fused-ring (bicyclic) bond motifs is 2. The number of ether oxygens (including phenoxy) is 1. The van der Waals surface area contributed by atoms with E-state index in [1.165, 1.54) is 7.11 Å². The molecule has 0 bridgehead atoms. The van der Waals surface area contributed by atoms with E-state index in [-0.39, 0.29) is 53.2 Å². The summed E-state index contributed by atoms with van der Waals surface area (Å²) in [6.07, 6.45) is 3.30. The van der Waals surface area contributed by atoms with Gasteiger partial charge >= 0.3 is 11.9 Å². The minimum absolute atomic E-state index is 0.0599. The van der Waals surface area contributed by atoms with E-state index in [0.29, 0.717) is 31.3 Å². The van der Waals surface area contributed by atoms with E-state index in [1.807, 2.05) is 6.92 Å². The van der Waals surface area contributed by atoms with Gasteiger partial charge < -0.3 is 14.9 Å². The molecule has 1 fully saturated rings. The van der Waals surface area contributed by atoms with Gasteiger partial charge in [0.2, 0.25) is 0 Å². The molecule has 0 aromatic heterocycles. The third-order valence-electron chi connectivity index (χ3n) is 10.0. The number of hydrogen-bond donors (Lipinski definition) is 2. The third-order valence-corrected chi connectivity index (χ3v) is 10.0. The second-order valence-electron chi connectivity index (χ2n) is 11.8. The van der Waals surface area contributed by atoms with Crippen molar-refractivity contribution in [2.24, 2.45) is 34.0 Å². The Kier molecular flexibility index (Phi) is 7.25. The second kappa shape index (κ2) is 9.25. The minimum Gasteiger partial charge on any atom is -0.481 e. The van der Waals surface area contributed by atoms with E-state index in [0.717, 1.165) is 24.0 Å². The number of allylic oxidation sites excluding steroid dienone is 2. The lowest BCUT2D eigenvalue weighted by atomic mass is 9.46. The van der Waals surface area contributed by atoms with Crippen LogP contribution in [-0.4, -0.2) is 41.1 Å². The molecule has 0 saturated heterocycles. The van der Waals surface area contributed by atoms with Gasteiger partial charge in [0.1, 0.15) is 0 Å². The van der Waals surface area contributed by atoms with Crippen LogP contribution in [-0.2, 0) is 19.1 Å². The number of Topliss-reactive ketones (excluding diaryl/α,β-unsaturated/α-hetero) is 1. The van der Waals surface area contributed by atoms with Crippen LogP contribution >= 0.6 is 0 Å². The third kappa shape index (κ3) is 4.06. The highest BCUT2D eigenvalue weighted by Gasteiger charge is 2.65. The largest absolute Gasteiger partial charge is 0.481 e. The standard InChI is InChI=1S/C28H42O6/c1-16(2)19-14-20(29)25-24(26(19,4)12-11-23(33)34-7)21(30)15-28(6)18(10-13-27(25,28)5)17(3)8-9-22(31)32/h17-20,29H,1,8-15H2,2-7H3,(H,31,32). The van der Waals surface area contributed by atoms with Crippen LogP contribution < -0.4 is 0 Å². The number of esters is 1. The molecular formula is C28H42O6. The van der Waals surface area contributed by atoms with Crippen LogP contribution in [0.5, 0.6) is 0 Å². The lowest BCUT2D eigenvalue weighted by molar-refractivity contribution is -0.142. The molecule has 0 spiro atoms. The molecule has 0 aromatic rings. The van der Waals surface area contributed by atoms with Crippen molar-refractivity contribution in [3.63, 3.8) is 0 Å². The van der Waals surface area contributed by atoms with Gasteiger partial charge in [-0.05, 0) is 73.2 Å². The van der Waals surface area contributed by atoms with Crippen LogP contribution in [0.1, 0.15) is 86.0 Å². The zero-order valence-corrected chi connectivity index (χ0v) is 21.7. The Bertz CT molecular complexity index is 918. The number of aliphatic hydroxyl groups is 1. The van der Waals surface area contributed by atoms with Gasteiger partial charge in [-0.15, -0.1) is 0 Å². The zero-order valence-electron chi connectivity index (χ0n) is 21.7. The molecule has 190 valence electrons. The van der Waals surface area contributed by atoms with Crippen molar-refractivity contribution >= 4 is 17.7 Å². The first kappa shape index (κ1) is 26.7. The van der Waals surface area contributed by atoms with Crippen LogP contribution in [0.2, 0.25) is 0 Å². The number of aliphatic hydroxyl groups excluding tert-OH is 1. The normalized spacial score (nSPS) is 38.2. The highest BCUT2D eigenvalue weighted by atomic mass is 16.5. The molecule has 34 heavy (non-hydrogen) atoms. The van der Waals surface area contributed by atoms with E-state index in [2.05, 4.69) is 34.3 Å². The van der Waals surface area contributed by atoms with Crippen LogP contribution in [0.4, 0.5) is 0 Å². The Labute approximate surface area is 203 Å². The summed E-state index contributed by atoms with van der Waals surface area (Å²) in [5.74, 6) is -0.756. The quantitative estimate of drug-likeness (QED) is 0.375. The fourth-order valence-corrected chi connectivity index (χ4v) is 7.98. The molecule has 6 nitrogen and oxygen atoms in total. The van der Waals surface area contributed by atoms with E-state index in [1.54, 1.807) is 0 Å². The lowest BCUT2D eigenvalue weighted by Crippen LogP contribution is -2.54. The highest BCUT2D eigenvalue weighted by Crippen LogP contribution is 2.70. The molecule has 0 heterocycles. The number of methoxy groups -OCH3 is 1. The molecule has 3 aliphatic carbocycles. The maximum Gasteiger partial charge on any atom is 0.305 e. The Morgan fingerprint density at radius 3 is 2.44 bits per heavy atom. The monoisotopic (exact) mass is 474 g/mol. The number of carboxylic acid groups (broad SMARTS) is 1. The van der Waals surface area contributed by atoms with Gasteiger partial charge in [0, 0.05) is 30.3 Å². The number of carbonyl (C=O) groups excluding carboxylic acids is 2. The molecule has 0 aliphatic heterocycles.